The summed E-state index contributed by atoms with van der Waals surface area (Å²) in [7, 11) is 0. The molecular weight excluding hydrogens is 407 g/mol. The highest BCUT2D eigenvalue weighted by atomic mass is 35.5. The van der Waals surface area contributed by atoms with E-state index in [1.54, 1.807) is 17.2 Å². The van der Waals surface area contributed by atoms with Crippen LogP contribution in [0.1, 0.15) is 40.0 Å². The molecule has 6 nitrogen and oxygen atoms in total. The van der Waals surface area contributed by atoms with E-state index in [1.165, 1.54) is 18.2 Å². The Bertz CT molecular complexity index is 940. The van der Waals surface area contributed by atoms with Crippen LogP contribution in [-0.2, 0) is 0 Å². The molecule has 1 aromatic heterocycles. The highest BCUT2D eigenvalue weighted by Gasteiger charge is 2.28. The maximum Gasteiger partial charge on any atom is 0.257 e. The van der Waals surface area contributed by atoms with Crippen molar-refractivity contribution in [3.63, 3.8) is 0 Å². The number of hydrogen-bond acceptors (Lipinski definition) is 4. The van der Waals surface area contributed by atoms with Crippen molar-refractivity contribution in [3.8, 4) is 0 Å². The molecule has 4 rings (SSSR count). The lowest BCUT2D eigenvalue weighted by Gasteiger charge is -2.36. The molecule has 30 heavy (non-hydrogen) atoms. The lowest BCUT2D eigenvalue weighted by Crippen LogP contribution is -2.49. The highest BCUT2D eigenvalue weighted by molar-refractivity contribution is 6.31. The maximum atomic E-state index is 14.1. The van der Waals surface area contributed by atoms with E-state index in [1.807, 2.05) is 15.9 Å². The molecule has 0 atom stereocenters. The fourth-order valence-corrected chi connectivity index (χ4v) is 4.21. The molecule has 3 heterocycles. The van der Waals surface area contributed by atoms with E-state index in [0.29, 0.717) is 42.6 Å². The van der Waals surface area contributed by atoms with Crippen LogP contribution in [0.3, 0.4) is 0 Å². The first-order valence-electron chi connectivity index (χ1n) is 10.3. The van der Waals surface area contributed by atoms with Gasteiger partial charge in [0.2, 0.25) is 0 Å². The summed E-state index contributed by atoms with van der Waals surface area (Å²) in [6.07, 6.45) is 4.90. The molecule has 1 aromatic carbocycles. The lowest BCUT2D eigenvalue weighted by atomic mass is 10.1. The van der Waals surface area contributed by atoms with Crippen molar-refractivity contribution in [2.24, 2.45) is 0 Å². The van der Waals surface area contributed by atoms with Gasteiger partial charge in [0.15, 0.2) is 0 Å². The van der Waals surface area contributed by atoms with E-state index in [-0.39, 0.29) is 17.4 Å². The first-order valence-corrected chi connectivity index (χ1v) is 10.7. The van der Waals surface area contributed by atoms with Crippen molar-refractivity contribution >= 4 is 29.2 Å². The minimum absolute atomic E-state index is 0.0114. The van der Waals surface area contributed by atoms with Gasteiger partial charge in [-0.1, -0.05) is 11.6 Å². The van der Waals surface area contributed by atoms with E-state index >= 15 is 0 Å². The summed E-state index contributed by atoms with van der Waals surface area (Å²) in [5, 5.41) is 0.327. The normalized spacial score (nSPS) is 17.2. The second kappa shape index (κ2) is 9.00. The van der Waals surface area contributed by atoms with Crippen molar-refractivity contribution in [1.29, 1.82) is 0 Å². The Morgan fingerprint density at radius 3 is 2.27 bits per heavy atom. The van der Waals surface area contributed by atoms with Crippen LogP contribution in [0.15, 0.2) is 36.5 Å². The Morgan fingerprint density at radius 1 is 0.867 bits per heavy atom. The number of piperazine rings is 1. The zero-order valence-corrected chi connectivity index (χ0v) is 17.4. The molecule has 0 bridgehead atoms. The van der Waals surface area contributed by atoms with Crippen molar-refractivity contribution < 1.29 is 14.0 Å². The Balaban J connectivity index is 1.46. The van der Waals surface area contributed by atoms with E-state index in [0.717, 1.165) is 32.4 Å². The number of amides is 2. The fourth-order valence-electron chi connectivity index (χ4n) is 4.04. The van der Waals surface area contributed by atoms with Crippen LogP contribution in [0.4, 0.5) is 10.2 Å². The average Bonchev–Trinajstić information content (AvgIpc) is 2.80. The third-order valence-corrected chi connectivity index (χ3v) is 5.92. The molecule has 2 saturated heterocycles. The fraction of sp³-hybridized carbons (Fsp3) is 0.409. The number of hydrogen-bond donors (Lipinski definition) is 0. The number of rotatable bonds is 3. The monoisotopic (exact) mass is 430 g/mol. The highest BCUT2D eigenvalue weighted by Crippen LogP contribution is 2.23. The smallest absolute Gasteiger partial charge is 0.257 e. The molecule has 0 aliphatic carbocycles. The summed E-state index contributed by atoms with van der Waals surface area (Å²) in [4.78, 5) is 35.8. The predicted octanol–water partition coefficient (Wildman–Crippen LogP) is 3.46. The van der Waals surface area contributed by atoms with E-state index < -0.39 is 5.82 Å². The van der Waals surface area contributed by atoms with Crippen LogP contribution in [0.5, 0.6) is 0 Å². The van der Waals surface area contributed by atoms with Crippen molar-refractivity contribution in [2.45, 2.75) is 19.3 Å². The molecule has 2 amide bonds. The summed E-state index contributed by atoms with van der Waals surface area (Å²) in [5.74, 6) is -0.294. The SMILES string of the molecule is O=C(c1cc(Cl)ccc1F)N1CCN(c2ncccc2C(=O)N2CCCCC2)CC1. The summed E-state index contributed by atoms with van der Waals surface area (Å²) in [6, 6.07) is 7.59. The zero-order valence-electron chi connectivity index (χ0n) is 16.7. The standard InChI is InChI=1S/C22H24ClFN4O2/c23-16-6-7-19(24)18(15-16)22(30)28-13-11-26(12-14-28)20-17(5-4-8-25-20)21(29)27-9-2-1-3-10-27/h4-8,15H,1-3,9-14H2. The largest absolute Gasteiger partial charge is 0.352 e. The Morgan fingerprint density at radius 2 is 1.53 bits per heavy atom. The lowest BCUT2D eigenvalue weighted by molar-refractivity contribution is 0.0716. The molecule has 2 fully saturated rings. The number of carbonyl (C=O) groups is 2. The number of pyridine rings is 1. The molecule has 2 aromatic rings. The molecule has 2 aliphatic rings. The van der Waals surface area contributed by atoms with Gasteiger partial charge in [0.05, 0.1) is 11.1 Å². The molecular formula is C22H24ClFN4O2. The van der Waals surface area contributed by atoms with Crippen molar-refractivity contribution in [3.05, 3.63) is 58.5 Å². The quantitative estimate of drug-likeness (QED) is 0.748. The first-order chi connectivity index (χ1) is 14.5. The van der Waals surface area contributed by atoms with Gasteiger partial charge in [0.25, 0.3) is 11.8 Å². The van der Waals surface area contributed by atoms with Crippen LogP contribution in [0.2, 0.25) is 5.02 Å². The van der Waals surface area contributed by atoms with Gasteiger partial charge in [-0.2, -0.15) is 0 Å². The van der Waals surface area contributed by atoms with Crippen molar-refractivity contribution in [2.75, 3.05) is 44.2 Å². The van der Waals surface area contributed by atoms with E-state index in [9.17, 15) is 14.0 Å². The molecule has 2 aliphatic heterocycles. The van der Waals surface area contributed by atoms with Gasteiger partial charge < -0.3 is 14.7 Å². The Hall–Kier alpha value is -2.67. The minimum atomic E-state index is -0.578. The first kappa shape index (κ1) is 20.6. The number of aromatic nitrogens is 1. The van der Waals surface area contributed by atoms with Gasteiger partial charge in [-0.05, 0) is 49.6 Å². The summed E-state index contributed by atoms with van der Waals surface area (Å²) in [6.45, 7) is 3.43. The van der Waals surface area contributed by atoms with Gasteiger partial charge in [0, 0.05) is 50.5 Å². The molecule has 0 unspecified atom stereocenters. The number of nitrogens with zero attached hydrogens (tertiary/aromatic N) is 4. The molecule has 0 spiro atoms. The minimum Gasteiger partial charge on any atom is -0.352 e. The third kappa shape index (κ3) is 4.26. The number of anilines is 1. The van der Waals surface area contributed by atoms with E-state index in [4.69, 9.17) is 11.6 Å². The van der Waals surface area contributed by atoms with Crippen LogP contribution in [-0.4, -0.2) is 65.9 Å². The second-order valence-corrected chi connectivity index (χ2v) is 8.07. The van der Waals surface area contributed by atoms with Gasteiger partial charge in [-0.25, -0.2) is 9.37 Å². The van der Waals surface area contributed by atoms with Gasteiger partial charge in [0.1, 0.15) is 11.6 Å². The van der Waals surface area contributed by atoms with Gasteiger partial charge >= 0.3 is 0 Å². The van der Waals surface area contributed by atoms with Crippen LogP contribution < -0.4 is 4.90 Å². The Labute approximate surface area is 180 Å². The van der Waals surface area contributed by atoms with Crippen LogP contribution >= 0.6 is 11.6 Å². The maximum absolute atomic E-state index is 14.1. The summed E-state index contributed by atoms with van der Waals surface area (Å²) in [5.41, 5.74) is 0.579. The van der Waals surface area contributed by atoms with Crippen LogP contribution in [0.25, 0.3) is 0 Å². The number of benzene rings is 1. The summed E-state index contributed by atoms with van der Waals surface area (Å²) < 4.78 is 14.1. The average molecular weight is 431 g/mol. The number of carbonyl (C=O) groups excluding carboxylic acids is 2. The molecule has 8 heteroatoms. The second-order valence-electron chi connectivity index (χ2n) is 7.63. The summed E-state index contributed by atoms with van der Waals surface area (Å²) >= 11 is 5.92. The van der Waals surface area contributed by atoms with E-state index in [2.05, 4.69) is 4.98 Å². The number of piperidine rings is 1. The zero-order chi connectivity index (χ0) is 21.1. The molecule has 0 radical (unpaired) electrons. The third-order valence-electron chi connectivity index (χ3n) is 5.69. The molecule has 0 saturated carbocycles. The topological polar surface area (TPSA) is 56.8 Å². The molecule has 158 valence electrons. The van der Waals surface area contributed by atoms with Gasteiger partial charge in [-0.15, -0.1) is 0 Å². The van der Waals surface area contributed by atoms with Crippen LogP contribution in [0, 0.1) is 5.82 Å². The predicted molar refractivity (Wildman–Crippen MR) is 114 cm³/mol. The molecule has 0 N–H and O–H groups in total. The van der Waals surface area contributed by atoms with Gasteiger partial charge in [-0.3, -0.25) is 9.59 Å². The van der Waals surface area contributed by atoms with Crippen molar-refractivity contribution in [1.82, 2.24) is 14.8 Å². The Kier molecular flexibility index (Phi) is 6.18. The number of likely N-dealkylation sites (tertiary alicyclic amines) is 1. The number of halogens is 2.